The fourth-order valence-corrected chi connectivity index (χ4v) is 3.30. The summed E-state index contributed by atoms with van der Waals surface area (Å²) >= 11 is 1.57. The molecule has 9 heteroatoms. The maximum Gasteiger partial charge on any atom is 0.282 e. The van der Waals surface area contributed by atoms with Gasteiger partial charge in [-0.15, -0.1) is 11.3 Å². The van der Waals surface area contributed by atoms with Gasteiger partial charge in [0.15, 0.2) is 0 Å². The lowest BCUT2D eigenvalue weighted by molar-refractivity contribution is -0.385. The molecule has 0 fully saturated rings. The molecule has 1 aliphatic heterocycles. The van der Waals surface area contributed by atoms with Crippen molar-refractivity contribution in [2.24, 2.45) is 0 Å². The molecule has 25 heavy (non-hydrogen) atoms. The average Bonchev–Trinajstić information content (AvgIpc) is 3.18. The number of imide groups is 1. The number of nitro groups is 1. The van der Waals surface area contributed by atoms with Crippen LogP contribution in [-0.4, -0.2) is 40.6 Å². The van der Waals surface area contributed by atoms with Gasteiger partial charge in [-0.05, 0) is 23.9 Å². The Bertz CT molecular complexity index is 863. The van der Waals surface area contributed by atoms with E-state index in [9.17, 15) is 24.5 Å². The Labute approximate surface area is 146 Å². The molecule has 8 nitrogen and oxygen atoms in total. The van der Waals surface area contributed by atoms with Gasteiger partial charge in [0.2, 0.25) is 5.91 Å². The average molecular weight is 359 g/mol. The Hall–Kier alpha value is -3.07. The van der Waals surface area contributed by atoms with Crippen LogP contribution in [-0.2, 0) is 11.2 Å². The molecule has 2 heterocycles. The first-order valence-corrected chi connectivity index (χ1v) is 8.29. The number of amides is 3. The van der Waals surface area contributed by atoms with E-state index in [1.807, 2.05) is 17.5 Å². The summed E-state index contributed by atoms with van der Waals surface area (Å²) in [5.41, 5.74) is -0.745. The van der Waals surface area contributed by atoms with Crippen LogP contribution < -0.4 is 5.32 Å². The van der Waals surface area contributed by atoms with Crippen LogP contribution in [0.2, 0.25) is 0 Å². The van der Waals surface area contributed by atoms with E-state index in [1.54, 1.807) is 11.3 Å². The second-order valence-corrected chi connectivity index (χ2v) is 6.36. The molecule has 3 amide bonds. The standard InChI is InChI=1S/C16H13N3O5S/c20-13(17-7-6-10-3-2-8-25-10)9-18-15(21)11-4-1-5-12(19(23)24)14(11)16(18)22/h1-5,8H,6-7,9H2,(H,17,20). The Balaban J connectivity index is 1.66. The second kappa shape index (κ2) is 6.81. The molecule has 128 valence electrons. The van der Waals surface area contributed by atoms with Crippen LogP contribution in [0.1, 0.15) is 25.6 Å². The van der Waals surface area contributed by atoms with Crippen LogP contribution in [0.5, 0.6) is 0 Å². The van der Waals surface area contributed by atoms with E-state index in [4.69, 9.17) is 0 Å². The number of carbonyl (C=O) groups is 3. The normalized spacial score (nSPS) is 13.0. The van der Waals surface area contributed by atoms with Gasteiger partial charge in [-0.25, -0.2) is 0 Å². The van der Waals surface area contributed by atoms with Crippen LogP contribution in [0.15, 0.2) is 35.7 Å². The number of fused-ring (bicyclic) bond motifs is 1. The Morgan fingerprint density at radius 3 is 2.68 bits per heavy atom. The number of rotatable bonds is 6. The van der Waals surface area contributed by atoms with Crippen molar-refractivity contribution in [2.45, 2.75) is 6.42 Å². The fraction of sp³-hybridized carbons (Fsp3) is 0.188. The number of carbonyl (C=O) groups excluding carboxylic acids is 3. The molecule has 1 aromatic heterocycles. The van der Waals surface area contributed by atoms with Crippen molar-refractivity contribution in [3.05, 3.63) is 61.8 Å². The summed E-state index contributed by atoms with van der Waals surface area (Å²) in [7, 11) is 0. The van der Waals surface area contributed by atoms with Crippen LogP contribution >= 0.6 is 11.3 Å². The van der Waals surface area contributed by atoms with Crippen molar-refractivity contribution in [1.82, 2.24) is 10.2 Å². The molecule has 0 radical (unpaired) electrons. The summed E-state index contributed by atoms with van der Waals surface area (Å²) in [6, 6.07) is 7.70. The van der Waals surface area contributed by atoms with Gasteiger partial charge in [0.1, 0.15) is 12.1 Å². The van der Waals surface area contributed by atoms with E-state index in [-0.39, 0.29) is 11.1 Å². The highest BCUT2D eigenvalue weighted by atomic mass is 32.1. The van der Waals surface area contributed by atoms with Crippen LogP contribution in [0.3, 0.4) is 0 Å². The number of nitrogens with zero attached hydrogens (tertiary/aromatic N) is 2. The minimum atomic E-state index is -0.819. The van der Waals surface area contributed by atoms with E-state index in [0.717, 1.165) is 15.8 Å². The van der Waals surface area contributed by atoms with Crippen molar-refractivity contribution >= 4 is 34.7 Å². The van der Waals surface area contributed by atoms with E-state index in [2.05, 4.69) is 5.32 Å². The summed E-state index contributed by atoms with van der Waals surface area (Å²) in [5, 5.41) is 15.6. The second-order valence-electron chi connectivity index (χ2n) is 5.33. The third kappa shape index (κ3) is 3.26. The maximum absolute atomic E-state index is 12.4. The van der Waals surface area contributed by atoms with Crippen molar-refractivity contribution in [1.29, 1.82) is 0 Å². The third-order valence-corrected chi connectivity index (χ3v) is 4.69. The number of hydrogen-bond donors (Lipinski definition) is 1. The van der Waals surface area contributed by atoms with Gasteiger partial charge in [-0.1, -0.05) is 12.1 Å². The number of thiophene rings is 1. The molecule has 2 aromatic rings. The fourth-order valence-electron chi connectivity index (χ4n) is 2.59. The van der Waals surface area contributed by atoms with E-state index >= 15 is 0 Å². The molecule has 0 unspecified atom stereocenters. The summed E-state index contributed by atoms with van der Waals surface area (Å²) in [6.07, 6.45) is 0.650. The Morgan fingerprint density at radius 2 is 2.00 bits per heavy atom. The highest BCUT2D eigenvalue weighted by molar-refractivity contribution is 7.09. The zero-order valence-corrected chi connectivity index (χ0v) is 13.7. The number of nitro benzene ring substituents is 1. The summed E-state index contributed by atoms with van der Waals surface area (Å²) < 4.78 is 0. The van der Waals surface area contributed by atoms with Crippen molar-refractivity contribution in [3.8, 4) is 0 Å². The molecule has 1 N–H and O–H groups in total. The molecule has 0 atom stereocenters. The molecule has 0 bridgehead atoms. The van der Waals surface area contributed by atoms with Gasteiger partial charge >= 0.3 is 0 Å². The lowest BCUT2D eigenvalue weighted by Gasteiger charge is -2.13. The molecular weight excluding hydrogens is 346 g/mol. The smallest absolute Gasteiger partial charge is 0.282 e. The minimum absolute atomic E-state index is 0.0504. The van der Waals surface area contributed by atoms with Crippen molar-refractivity contribution < 1.29 is 19.3 Å². The minimum Gasteiger partial charge on any atom is -0.354 e. The van der Waals surface area contributed by atoms with Gasteiger partial charge in [-0.3, -0.25) is 29.4 Å². The van der Waals surface area contributed by atoms with E-state index in [0.29, 0.717) is 13.0 Å². The first kappa shape index (κ1) is 16.8. The van der Waals surface area contributed by atoms with Gasteiger partial charge in [0.25, 0.3) is 17.5 Å². The number of nitrogens with one attached hydrogen (secondary N) is 1. The predicted octanol–water partition coefficient (Wildman–Crippen LogP) is 1.61. The SMILES string of the molecule is O=C(CN1C(=O)c2cccc([N+](=O)[O-])c2C1=O)NCCc1cccs1. The molecular formula is C16H13N3O5S. The largest absolute Gasteiger partial charge is 0.354 e. The van der Waals surface area contributed by atoms with Crippen LogP contribution in [0, 0.1) is 10.1 Å². The van der Waals surface area contributed by atoms with Crippen LogP contribution in [0.4, 0.5) is 5.69 Å². The van der Waals surface area contributed by atoms with Crippen molar-refractivity contribution in [2.75, 3.05) is 13.1 Å². The van der Waals surface area contributed by atoms with Gasteiger partial charge in [0.05, 0.1) is 10.5 Å². The highest BCUT2D eigenvalue weighted by Crippen LogP contribution is 2.30. The highest BCUT2D eigenvalue weighted by Gasteiger charge is 2.41. The molecule has 0 saturated heterocycles. The zero-order valence-electron chi connectivity index (χ0n) is 12.9. The summed E-state index contributed by atoms with van der Waals surface area (Å²) in [4.78, 5) is 48.8. The molecule has 3 rings (SSSR count). The van der Waals surface area contributed by atoms with Crippen molar-refractivity contribution in [3.63, 3.8) is 0 Å². The molecule has 1 aromatic carbocycles. The summed E-state index contributed by atoms with van der Waals surface area (Å²) in [6.45, 7) is -0.0867. The predicted molar refractivity (Wildman–Crippen MR) is 89.5 cm³/mol. The quantitative estimate of drug-likeness (QED) is 0.479. The first-order chi connectivity index (χ1) is 12.0. The van der Waals surface area contributed by atoms with Crippen LogP contribution in [0.25, 0.3) is 0 Å². The molecule has 0 saturated carbocycles. The lowest BCUT2D eigenvalue weighted by atomic mass is 10.1. The zero-order chi connectivity index (χ0) is 18.0. The Morgan fingerprint density at radius 1 is 1.20 bits per heavy atom. The van der Waals surface area contributed by atoms with Gasteiger partial charge in [-0.2, -0.15) is 0 Å². The lowest BCUT2D eigenvalue weighted by Crippen LogP contribution is -2.40. The third-order valence-electron chi connectivity index (χ3n) is 3.75. The topological polar surface area (TPSA) is 110 Å². The molecule has 1 aliphatic rings. The van der Waals surface area contributed by atoms with E-state index in [1.165, 1.54) is 12.1 Å². The first-order valence-electron chi connectivity index (χ1n) is 7.41. The van der Waals surface area contributed by atoms with Gasteiger partial charge in [0, 0.05) is 17.5 Å². The summed E-state index contributed by atoms with van der Waals surface area (Å²) in [5.74, 6) is -2.01. The Kier molecular flexibility index (Phi) is 4.57. The van der Waals surface area contributed by atoms with Gasteiger partial charge < -0.3 is 5.32 Å². The molecule has 0 spiro atoms. The number of hydrogen-bond acceptors (Lipinski definition) is 6. The number of benzene rings is 1. The van der Waals surface area contributed by atoms with E-state index < -0.39 is 34.9 Å². The monoisotopic (exact) mass is 359 g/mol. The molecule has 0 aliphatic carbocycles. The maximum atomic E-state index is 12.4.